The minimum absolute atomic E-state index is 1.13. The minimum atomic E-state index is 1.13. The molecule has 2 N–H and O–H groups in total. The monoisotopic (exact) mass is 165 g/mol. The SMILES string of the molecule is CC.CN1NNc2ccccc21. The first-order valence-corrected chi connectivity index (χ1v) is 4.22. The van der Waals surface area contributed by atoms with Gasteiger partial charge in [-0.2, -0.15) is 0 Å². The van der Waals surface area contributed by atoms with Gasteiger partial charge in [0, 0.05) is 7.05 Å². The van der Waals surface area contributed by atoms with Gasteiger partial charge in [-0.25, -0.2) is 0 Å². The molecule has 1 aromatic carbocycles. The first-order chi connectivity index (χ1) is 5.88. The van der Waals surface area contributed by atoms with Crippen LogP contribution in [-0.4, -0.2) is 7.05 Å². The van der Waals surface area contributed by atoms with Crippen molar-refractivity contribution in [2.45, 2.75) is 13.8 Å². The molecule has 0 saturated heterocycles. The highest BCUT2D eigenvalue weighted by Gasteiger charge is 2.11. The lowest BCUT2D eigenvalue weighted by Gasteiger charge is -2.08. The highest BCUT2D eigenvalue weighted by atomic mass is 15.7. The van der Waals surface area contributed by atoms with Crippen LogP contribution in [0.4, 0.5) is 11.4 Å². The summed E-state index contributed by atoms with van der Waals surface area (Å²) in [6.07, 6.45) is 0. The normalized spacial score (nSPS) is 12.8. The van der Waals surface area contributed by atoms with Gasteiger partial charge in [0.1, 0.15) is 0 Å². The highest BCUT2D eigenvalue weighted by Crippen LogP contribution is 2.26. The summed E-state index contributed by atoms with van der Waals surface area (Å²) in [6.45, 7) is 4.00. The summed E-state index contributed by atoms with van der Waals surface area (Å²) < 4.78 is 0. The van der Waals surface area contributed by atoms with Crippen LogP contribution in [0, 0.1) is 0 Å². The maximum absolute atomic E-state index is 3.03. The van der Waals surface area contributed by atoms with Gasteiger partial charge in [-0.1, -0.05) is 26.0 Å². The van der Waals surface area contributed by atoms with Crippen molar-refractivity contribution in [1.82, 2.24) is 5.53 Å². The quantitative estimate of drug-likeness (QED) is 0.615. The molecule has 1 aromatic rings. The standard InChI is InChI=1S/C7H9N3.C2H6/c1-10-7-5-3-2-4-6(7)8-9-10;1-2/h2-5,8-9H,1H3;1-2H3. The molecule has 0 unspecified atom stereocenters. The number of anilines is 2. The number of para-hydroxylation sites is 2. The first kappa shape index (κ1) is 8.87. The number of nitrogens with zero attached hydrogens (tertiary/aromatic N) is 1. The third-order valence-electron chi connectivity index (χ3n) is 1.62. The molecule has 1 aliphatic heterocycles. The van der Waals surface area contributed by atoms with Crippen LogP contribution >= 0.6 is 0 Å². The third-order valence-corrected chi connectivity index (χ3v) is 1.62. The Bertz CT molecular complexity index is 247. The van der Waals surface area contributed by atoms with Gasteiger partial charge in [0.05, 0.1) is 11.4 Å². The number of hydrogen-bond donors (Lipinski definition) is 2. The molecule has 0 aliphatic carbocycles. The molecule has 0 atom stereocenters. The van der Waals surface area contributed by atoms with Gasteiger partial charge in [-0.15, -0.1) is 5.53 Å². The molecule has 1 aliphatic rings. The fraction of sp³-hybridized carbons (Fsp3) is 0.333. The van der Waals surface area contributed by atoms with Crippen molar-refractivity contribution in [3.05, 3.63) is 24.3 Å². The summed E-state index contributed by atoms with van der Waals surface area (Å²) in [6, 6.07) is 8.12. The smallest absolute Gasteiger partial charge is 0.0779 e. The Morgan fingerprint density at radius 3 is 2.50 bits per heavy atom. The Balaban J connectivity index is 0.000000336. The molecule has 0 fully saturated rings. The predicted octanol–water partition coefficient (Wildman–Crippen LogP) is 1.99. The van der Waals surface area contributed by atoms with E-state index in [-0.39, 0.29) is 0 Å². The lowest BCUT2D eigenvalue weighted by molar-refractivity contribution is 0.820. The molecule has 0 saturated carbocycles. The second kappa shape index (κ2) is 3.97. The van der Waals surface area contributed by atoms with E-state index in [4.69, 9.17) is 0 Å². The van der Waals surface area contributed by atoms with E-state index in [0.29, 0.717) is 0 Å². The van der Waals surface area contributed by atoms with Gasteiger partial charge in [0.2, 0.25) is 0 Å². The zero-order valence-corrected chi connectivity index (χ0v) is 7.76. The molecular weight excluding hydrogens is 150 g/mol. The van der Waals surface area contributed by atoms with Crippen LogP contribution in [0.25, 0.3) is 0 Å². The Morgan fingerprint density at radius 1 is 1.17 bits per heavy atom. The summed E-state index contributed by atoms with van der Waals surface area (Å²) in [5.74, 6) is 0. The zero-order valence-electron chi connectivity index (χ0n) is 7.76. The Hall–Kier alpha value is -1.22. The summed E-state index contributed by atoms with van der Waals surface area (Å²) >= 11 is 0. The molecule has 0 aromatic heterocycles. The van der Waals surface area contributed by atoms with Gasteiger partial charge in [0.25, 0.3) is 0 Å². The van der Waals surface area contributed by atoms with E-state index in [2.05, 4.69) is 17.0 Å². The van der Waals surface area contributed by atoms with Crippen molar-refractivity contribution < 1.29 is 0 Å². The zero-order chi connectivity index (χ0) is 8.97. The van der Waals surface area contributed by atoms with E-state index >= 15 is 0 Å². The number of fused-ring (bicyclic) bond motifs is 1. The van der Waals surface area contributed by atoms with Crippen LogP contribution in [0.2, 0.25) is 0 Å². The van der Waals surface area contributed by atoms with Crippen molar-refractivity contribution in [2.24, 2.45) is 0 Å². The molecule has 0 bridgehead atoms. The second-order valence-corrected chi connectivity index (χ2v) is 2.31. The third kappa shape index (κ3) is 1.51. The van der Waals surface area contributed by atoms with Crippen LogP contribution in [-0.2, 0) is 0 Å². The molecule has 0 spiro atoms. The highest BCUT2D eigenvalue weighted by molar-refractivity contribution is 5.72. The number of hydrogen-bond acceptors (Lipinski definition) is 3. The molecule has 3 heteroatoms. The molecule has 0 radical (unpaired) electrons. The summed E-state index contributed by atoms with van der Waals surface area (Å²) in [5.41, 5.74) is 8.31. The van der Waals surface area contributed by atoms with E-state index in [1.807, 2.05) is 44.1 Å². The fourth-order valence-electron chi connectivity index (χ4n) is 1.08. The average Bonchev–Trinajstić information content (AvgIpc) is 2.53. The van der Waals surface area contributed by atoms with E-state index in [9.17, 15) is 0 Å². The van der Waals surface area contributed by atoms with E-state index in [1.54, 1.807) is 0 Å². The van der Waals surface area contributed by atoms with Gasteiger partial charge < -0.3 is 5.43 Å². The van der Waals surface area contributed by atoms with E-state index < -0.39 is 0 Å². The number of benzene rings is 1. The van der Waals surface area contributed by atoms with Crippen LogP contribution in [0.3, 0.4) is 0 Å². The minimum Gasteiger partial charge on any atom is -0.302 e. The number of nitrogens with one attached hydrogen (secondary N) is 2. The van der Waals surface area contributed by atoms with Crippen LogP contribution < -0.4 is 16.0 Å². The lowest BCUT2D eigenvalue weighted by Crippen LogP contribution is -2.31. The number of hydrazine groups is 2. The van der Waals surface area contributed by atoms with Crippen LogP contribution in [0.5, 0.6) is 0 Å². The van der Waals surface area contributed by atoms with Crippen molar-refractivity contribution in [2.75, 3.05) is 17.5 Å². The summed E-state index contributed by atoms with van der Waals surface area (Å²) in [7, 11) is 1.97. The molecule has 0 amide bonds. The molecule has 2 rings (SSSR count). The van der Waals surface area contributed by atoms with Gasteiger partial charge in [0.15, 0.2) is 0 Å². The maximum atomic E-state index is 3.03. The second-order valence-electron chi connectivity index (χ2n) is 2.31. The largest absolute Gasteiger partial charge is 0.302 e. The van der Waals surface area contributed by atoms with Crippen LogP contribution in [0.15, 0.2) is 24.3 Å². The van der Waals surface area contributed by atoms with Gasteiger partial charge in [-0.3, -0.25) is 5.01 Å². The molecular formula is C9H15N3. The Kier molecular flexibility index (Phi) is 2.94. The van der Waals surface area contributed by atoms with Crippen molar-refractivity contribution >= 4 is 11.4 Å². The van der Waals surface area contributed by atoms with Crippen LogP contribution in [0.1, 0.15) is 13.8 Å². The topological polar surface area (TPSA) is 27.3 Å². The molecule has 3 nitrogen and oxygen atoms in total. The summed E-state index contributed by atoms with van der Waals surface area (Å²) in [5, 5.41) is 1.94. The molecule has 1 heterocycles. The van der Waals surface area contributed by atoms with E-state index in [0.717, 1.165) is 5.69 Å². The molecule has 66 valence electrons. The number of rotatable bonds is 0. The van der Waals surface area contributed by atoms with Crippen molar-refractivity contribution in [1.29, 1.82) is 0 Å². The first-order valence-electron chi connectivity index (χ1n) is 4.22. The van der Waals surface area contributed by atoms with Gasteiger partial charge in [-0.05, 0) is 12.1 Å². The van der Waals surface area contributed by atoms with Crippen molar-refractivity contribution in [3.8, 4) is 0 Å². The van der Waals surface area contributed by atoms with E-state index in [1.165, 1.54) is 5.69 Å². The molecule has 12 heavy (non-hydrogen) atoms. The summed E-state index contributed by atoms with van der Waals surface area (Å²) in [4.78, 5) is 0. The Labute approximate surface area is 73.3 Å². The Morgan fingerprint density at radius 2 is 1.83 bits per heavy atom. The predicted molar refractivity (Wildman–Crippen MR) is 53.0 cm³/mol. The maximum Gasteiger partial charge on any atom is 0.0779 e. The van der Waals surface area contributed by atoms with Gasteiger partial charge >= 0.3 is 0 Å². The fourth-order valence-corrected chi connectivity index (χ4v) is 1.08. The average molecular weight is 165 g/mol. The lowest BCUT2D eigenvalue weighted by atomic mass is 10.3. The van der Waals surface area contributed by atoms with Crippen molar-refractivity contribution in [3.63, 3.8) is 0 Å².